The standard InChI is InChI=1S/C31H49O6P/c1-8-36-38(35,37-9-2)30(5,6)29(34)17-12-21(3)26-15-16-27-23(11-10-18-31(26,27)7)13-14-24-19-25(32)20-28(33)22(24)4/h12-14,17,21,25-28,32-33H,4,8-11,15-16,18-20H2,1-3,5-7H3/b17-12+,23-13+,24-14-/t21-,25-,26-,27?,28+,31-/m1/s1. The van der Waals surface area contributed by atoms with Crippen molar-refractivity contribution in [1.29, 1.82) is 0 Å². The summed E-state index contributed by atoms with van der Waals surface area (Å²) >= 11 is 0. The van der Waals surface area contributed by atoms with E-state index >= 15 is 0 Å². The Morgan fingerprint density at radius 2 is 1.87 bits per heavy atom. The number of hydrogen-bond donors (Lipinski definition) is 2. The SMILES string of the molecule is C=C1/C(=C\C=C2/CCC[C@@]3(C)C2CC[C@@H]3[C@H](C)/C=C/C(=O)C(C)(C)P(=O)(OCC)OCC)C[C@@H](O)C[C@@H]1O. The van der Waals surface area contributed by atoms with Crippen LogP contribution in [0.3, 0.4) is 0 Å². The van der Waals surface area contributed by atoms with Gasteiger partial charge in [-0.2, -0.15) is 0 Å². The van der Waals surface area contributed by atoms with E-state index in [2.05, 4.69) is 32.6 Å². The number of hydrogen-bond acceptors (Lipinski definition) is 6. The zero-order chi connectivity index (χ0) is 28.3. The third-order valence-corrected chi connectivity index (χ3v) is 12.2. The van der Waals surface area contributed by atoms with E-state index in [1.807, 2.05) is 6.08 Å². The van der Waals surface area contributed by atoms with Crippen LogP contribution in [0.25, 0.3) is 0 Å². The lowest BCUT2D eigenvalue weighted by Gasteiger charge is -2.44. The first kappa shape index (κ1) is 31.2. The lowest BCUT2D eigenvalue weighted by atomic mass is 9.61. The molecule has 6 atom stereocenters. The van der Waals surface area contributed by atoms with Gasteiger partial charge in [0.2, 0.25) is 0 Å². The molecule has 0 heterocycles. The van der Waals surface area contributed by atoms with Crippen LogP contribution in [0.4, 0.5) is 0 Å². The molecule has 0 radical (unpaired) electrons. The fraction of sp³-hybridized carbons (Fsp3) is 0.710. The molecule has 0 aliphatic heterocycles. The van der Waals surface area contributed by atoms with Crippen LogP contribution in [-0.4, -0.2) is 46.6 Å². The molecule has 3 aliphatic rings. The van der Waals surface area contributed by atoms with Crippen molar-refractivity contribution in [3.05, 3.63) is 47.6 Å². The molecule has 3 fully saturated rings. The molecule has 0 saturated heterocycles. The average Bonchev–Trinajstić information content (AvgIpc) is 3.21. The van der Waals surface area contributed by atoms with Crippen molar-refractivity contribution in [2.24, 2.45) is 23.2 Å². The fourth-order valence-corrected chi connectivity index (χ4v) is 8.76. The number of aliphatic hydroxyl groups is 2. The molecule has 7 heteroatoms. The summed E-state index contributed by atoms with van der Waals surface area (Å²) in [6.07, 6.45) is 13.1. The van der Waals surface area contributed by atoms with Crippen LogP contribution in [0.1, 0.15) is 86.5 Å². The molecule has 1 unspecified atom stereocenters. The van der Waals surface area contributed by atoms with Gasteiger partial charge in [0, 0.05) is 6.42 Å². The summed E-state index contributed by atoms with van der Waals surface area (Å²) in [6.45, 7) is 15.9. The van der Waals surface area contributed by atoms with Crippen LogP contribution < -0.4 is 0 Å². The van der Waals surface area contributed by atoms with E-state index in [1.54, 1.807) is 33.8 Å². The maximum absolute atomic E-state index is 13.3. The molecule has 214 valence electrons. The molecule has 3 saturated carbocycles. The Bertz CT molecular complexity index is 1010. The van der Waals surface area contributed by atoms with Crippen molar-refractivity contribution >= 4 is 13.4 Å². The molecule has 6 nitrogen and oxygen atoms in total. The van der Waals surface area contributed by atoms with Gasteiger partial charge in [0.15, 0.2) is 5.78 Å². The smallest absolute Gasteiger partial charge is 0.343 e. The van der Waals surface area contributed by atoms with Crippen LogP contribution in [0.15, 0.2) is 47.6 Å². The summed E-state index contributed by atoms with van der Waals surface area (Å²) in [5.41, 5.74) is 3.25. The molecule has 0 aromatic rings. The second-order valence-electron chi connectivity index (χ2n) is 12.1. The number of carbonyl (C=O) groups is 1. The molecule has 0 aromatic heterocycles. The zero-order valence-electron chi connectivity index (χ0n) is 24.2. The molecule has 3 rings (SSSR count). The quantitative estimate of drug-likeness (QED) is 0.227. The molecule has 38 heavy (non-hydrogen) atoms. The molecular weight excluding hydrogens is 499 g/mol. The van der Waals surface area contributed by atoms with E-state index < -0.39 is 25.0 Å². The van der Waals surface area contributed by atoms with Gasteiger partial charge in [0.05, 0.1) is 25.4 Å². The summed E-state index contributed by atoms with van der Waals surface area (Å²) in [6, 6.07) is 0. The highest BCUT2D eigenvalue weighted by molar-refractivity contribution is 7.56. The minimum atomic E-state index is -3.59. The Balaban J connectivity index is 1.76. The van der Waals surface area contributed by atoms with E-state index in [-0.39, 0.29) is 30.3 Å². The summed E-state index contributed by atoms with van der Waals surface area (Å²) in [5, 5.41) is 19.1. The van der Waals surface area contributed by atoms with Gasteiger partial charge < -0.3 is 19.3 Å². The Labute approximate surface area is 229 Å². The largest absolute Gasteiger partial charge is 0.393 e. The predicted octanol–water partition coefficient (Wildman–Crippen LogP) is 6.93. The van der Waals surface area contributed by atoms with Crippen molar-refractivity contribution in [3.8, 4) is 0 Å². The normalized spacial score (nSPS) is 33.7. The van der Waals surface area contributed by atoms with E-state index in [0.29, 0.717) is 24.7 Å². The Hall–Kier alpha value is -1.30. The average molecular weight is 549 g/mol. The number of fused-ring (bicyclic) bond motifs is 1. The van der Waals surface area contributed by atoms with Crippen molar-refractivity contribution < 1.29 is 28.6 Å². The maximum Gasteiger partial charge on any atom is 0.343 e. The number of ketones is 1. The highest BCUT2D eigenvalue weighted by atomic mass is 31.2. The van der Waals surface area contributed by atoms with Gasteiger partial charge in [0.25, 0.3) is 0 Å². The monoisotopic (exact) mass is 548 g/mol. The van der Waals surface area contributed by atoms with Crippen LogP contribution in [0.5, 0.6) is 0 Å². The summed E-state index contributed by atoms with van der Waals surface area (Å²) in [7, 11) is -3.59. The molecule has 0 spiro atoms. The second-order valence-corrected chi connectivity index (χ2v) is 14.8. The summed E-state index contributed by atoms with van der Waals surface area (Å²) in [5.74, 6) is 0.880. The molecular formula is C31H49O6P. The predicted molar refractivity (Wildman–Crippen MR) is 153 cm³/mol. The second kappa shape index (κ2) is 12.5. The third-order valence-electron chi connectivity index (χ3n) is 9.37. The highest BCUT2D eigenvalue weighted by Gasteiger charge is 2.51. The Morgan fingerprint density at radius 1 is 1.21 bits per heavy atom. The minimum absolute atomic E-state index is 0.138. The summed E-state index contributed by atoms with van der Waals surface area (Å²) in [4.78, 5) is 13.2. The minimum Gasteiger partial charge on any atom is -0.393 e. The van der Waals surface area contributed by atoms with Crippen molar-refractivity contribution in [2.75, 3.05) is 13.2 Å². The first-order valence-corrected chi connectivity index (χ1v) is 15.9. The Kier molecular flexibility index (Phi) is 10.3. The third kappa shape index (κ3) is 6.20. The maximum atomic E-state index is 13.3. The van der Waals surface area contributed by atoms with E-state index in [4.69, 9.17) is 9.05 Å². The molecule has 0 bridgehead atoms. The van der Waals surface area contributed by atoms with E-state index in [1.165, 1.54) is 5.57 Å². The molecule has 0 aromatic carbocycles. The number of rotatable bonds is 10. The van der Waals surface area contributed by atoms with Crippen molar-refractivity contribution in [2.45, 2.75) is 104 Å². The lowest BCUT2D eigenvalue weighted by Crippen LogP contribution is -2.36. The summed E-state index contributed by atoms with van der Waals surface area (Å²) < 4.78 is 24.3. The number of allylic oxidation sites excluding steroid dienone is 5. The van der Waals surface area contributed by atoms with Gasteiger partial charge in [-0.15, -0.1) is 0 Å². The molecule has 3 aliphatic carbocycles. The van der Waals surface area contributed by atoms with Gasteiger partial charge in [-0.25, -0.2) is 0 Å². The Morgan fingerprint density at radius 3 is 2.50 bits per heavy atom. The van der Waals surface area contributed by atoms with Crippen molar-refractivity contribution in [3.63, 3.8) is 0 Å². The van der Waals surface area contributed by atoms with Gasteiger partial charge in [-0.3, -0.25) is 9.36 Å². The lowest BCUT2D eigenvalue weighted by molar-refractivity contribution is -0.116. The topological polar surface area (TPSA) is 93.1 Å². The fourth-order valence-electron chi connectivity index (χ4n) is 7.02. The van der Waals surface area contributed by atoms with Gasteiger partial charge in [-0.1, -0.05) is 44.2 Å². The number of carbonyl (C=O) groups excluding carboxylic acids is 1. The van der Waals surface area contributed by atoms with Crippen LogP contribution in [-0.2, 0) is 18.4 Å². The van der Waals surface area contributed by atoms with Crippen LogP contribution >= 0.6 is 7.60 Å². The molecule has 2 N–H and O–H groups in total. The van der Waals surface area contributed by atoms with E-state index in [9.17, 15) is 19.6 Å². The van der Waals surface area contributed by atoms with Gasteiger partial charge in [-0.05, 0) is 107 Å². The highest BCUT2D eigenvalue weighted by Crippen LogP contribution is 2.61. The first-order chi connectivity index (χ1) is 17.8. The van der Waals surface area contributed by atoms with Crippen molar-refractivity contribution in [1.82, 2.24) is 0 Å². The van der Waals surface area contributed by atoms with Gasteiger partial charge >= 0.3 is 7.60 Å². The van der Waals surface area contributed by atoms with Crippen LogP contribution in [0.2, 0.25) is 0 Å². The molecule has 0 amide bonds. The van der Waals surface area contributed by atoms with Gasteiger partial charge in [0.1, 0.15) is 5.16 Å². The van der Waals surface area contributed by atoms with Crippen LogP contribution in [0, 0.1) is 23.2 Å². The van der Waals surface area contributed by atoms with E-state index in [0.717, 1.165) is 43.3 Å². The zero-order valence-corrected chi connectivity index (χ0v) is 25.1. The number of aliphatic hydroxyl groups excluding tert-OH is 2. The first-order valence-electron chi connectivity index (χ1n) is 14.4.